The minimum absolute atomic E-state index is 0.0126. The van der Waals surface area contributed by atoms with E-state index in [1.165, 1.54) is 4.31 Å². The lowest BCUT2D eigenvalue weighted by Crippen LogP contribution is -2.34. The highest BCUT2D eigenvalue weighted by Crippen LogP contribution is 2.26. The third-order valence-corrected chi connectivity index (χ3v) is 5.40. The van der Waals surface area contributed by atoms with Gasteiger partial charge in [-0.1, -0.05) is 32.9 Å². The molecule has 1 aromatic heterocycles. The van der Waals surface area contributed by atoms with Crippen LogP contribution in [0.1, 0.15) is 38.3 Å². The van der Waals surface area contributed by atoms with E-state index in [0.29, 0.717) is 12.2 Å². The van der Waals surface area contributed by atoms with Crippen LogP contribution in [0.3, 0.4) is 0 Å². The summed E-state index contributed by atoms with van der Waals surface area (Å²) in [6.07, 6.45) is 4.56. The molecule has 0 atom stereocenters. The molecule has 0 aliphatic rings. The zero-order valence-corrected chi connectivity index (χ0v) is 17.1. The van der Waals surface area contributed by atoms with E-state index >= 15 is 0 Å². The quantitative estimate of drug-likeness (QED) is 0.790. The number of benzene rings is 1. The van der Waals surface area contributed by atoms with Crippen molar-refractivity contribution in [2.75, 3.05) is 17.1 Å². The number of nitrogens with one attached hydrogen (secondary N) is 1. The molecule has 0 saturated carbocycles. The Labute approximate surface area is 161 Å². The lowest BCUT2D eigenvalue weighted by molar-refractivity contribution is -0.121. The molecule has 6 nitrogen and oxygen atoms in total. The molecule has 2 rings (SSSR count). The van der Waals surface area contributed by atoms with Crippen molar-refractivity contribution in [1.29, 1.82) is 0 Å². The standard InChI is InChI=1S/C20H27N3O3S/c1-20(2,3)17-5-7-18(8-6-17)23(27(4,25)26)14-11-19(24)22-15-16-9-12-21-13-10-16/h5-10,12-13H,11,14-15H2,1-4H3,(H,22,24). The Hall–Kier alpha value is -2.41. The van der Waals surface area contributed by atoms with Gasteiger partial charge in [-0.05, 0) is 40.8 Å². The molecule has 0 radical (unpaired) electrons. The van der Waals surface area contributed by atoms with E-state index in [9.17, 15) is 13.2 Å². The summed E-state index contributed by atoms with van der Waals surface area (Å²) in [5.74, 6) is -0.202. The molecule has 0 spiro atoms. The van der Waals surface area contributed by atoms with Gasteiger partial charge in [0.05, 0.1) is 11.9 Å². The van der Waals surface area contributed by atoms with Crippen LogP contribution in [0.25, 0.3) is 0 Å². The van der Waals surface area contributed by atoms with Crippen LogP contribution >= 0.6 is 0 Å². The van der Waals surface area contributed by atoms with E-state index < -0.39 is 10.0 Å². The number of pyridine rings is 1. The second kappa shape index (κ2) is 8.52. The average molecular weight is 390 g/mol. The Balaban J connectivity index is 2.02. The van der Waals surface area contributed by atoms with Gasteiger partial charge in [0, 0.05) is 31.9 Å². The van der Waals surface area contributed by atoms with Crippen molar-refractivity contribution in [2.24, 2.45) is 0 Å². The zero-order valence-electron chi connectivity index (χ0n) is 16.3. The van der Waals surface area contributed by atoms with Crippen molar-refractivity contribution >= 4 is 21.6 Å². The number of hydrogen-bond acceptors (Lipinski definition) is 4. The normalized spacial score (nSPS) is 11.9. The van der Waals surface area contributed by atoms with Crippen LogP contribution in [0.15, 0.2) is 48.8 Å². The van der Waals surface area contributed by atoms with Gasteiger partial charge in [0.15, 0.2) is 0 Å². The van der Waals surface area contributed by atoms with E-state index in [-0.39, 0.29) is 24.3 Å². The Morgan fingerprint density at radius 3 is 2.19 bits per heavy atom. The first-order valence-electron chi connectivity index (χ1n) is 8.81. The number of carbonyl (C=O) groups excluding carboxylic acids is 1. The van der Waals surface area contributed by atoms with E-state index in [4.69, 9.17) is 0 Å². The number of sulfonamides is 1. The van der Waals surface area contributed by atoms with Crippen LogP contribution in [0, 0.1) is 0 Å². The summed E-state index contributed by atoms with van der Waals surface area (Å²) in [5, 5.41) is 2.80. The van der Waals surface area contributed by atoms with Crippen molar-refractivity contribution in [3.63, 3.8) is 0 Å². The van der Waals surface area contributed by atoms with Crippen LogP contribution in [-0.4, -0.2) is 32.1 Å². The summed E-state index contributed by atoms with van der Waals surface area (Å²) >= 11 is 0. The van der Waals surface area contributed by atoms with Gasteiger partial charge in [0.2, 0.25) is 15.9 Å². The van der Waals surface area contributed by atoms with Gasteiger partial charge >= 0.3 is 0 Å². The number of aromatic nitrogens is 1. The molecule has 7 heteroatoms. The molecule has 1 amide bonds. The van der Waals surface area contributed by atoms with Gasteiger partial charge in [0.1, 0.15) is 0 Å². The SMILES string of the molecule is CC(C)(C)c1ccc(N(CCC(=O)NCc2ccncc2)S(C)(=O)=O)cc1. The maximum absolute atomic E-state index is 12.2. The van der Waals surface area contributed by atoms with Crippen LogP contribution in [0.5, 0.6) is 0 Å². The maximum Gasteiger partial charge on any atom is 0.232 e. The van der Waals surface area contributed by atoms with Gasteiger partial charge in [0.25, 0.3) is 0 Å². The minimum Gasteiger partial charge on any atom is -0.352 e. The predicted octanol–water partition coefficient (Wildman–Crippen LogP) is 2.85. The summed E-state index contributed by atoms with van der Waals surface area (Å²) in [7, 11) is -3.48. The van der Waals surface area contributed by atoms with Crippen LogP contribution in [-0.2, 0) is 26.8 Å². The Morgan fingerprint density at radius 2 is 1.67 bits per heavy atom. The first-order valence-corrected chi connectivity index (χ1v) is 10.7. The first-order chi connectivity index (χ1) is 12.6. The zero-order chi connectivity index (χ0) is 20.1. The van der Waals surface area contributed by atoms with Crippen molar-refractivity contribution in [2.45, 2.75) is 39.2 Å². The highest BCUT2D eigenvalue weighted by Gasteiger charge is 2.20. The largest absolute Gasteiger partial charge is 0.352 e. The molecule has 146 valence electrons. The van der Waals surface area contributed by atoms with E-state index in [1.807, 2.05) is 24.3 Å². The number of rotatable bonds is 7. The average Bonchev–Trinajstić information content (AvgIpc) is 2.59. The maximum atomic E-state index is 12.2. The van der Waals surface area contributed by atoms with Gasteiger partial charge in [-0.3, -0.25) is 14.1 Å². The third-order valence-electron chi connectivity index (χ3n) is 4.20. The van der Waals surface area contributed by atoms with Gasteiger partial charge in [-0.25, -0.2) is 8.42 Å². The molecular formula is C20H27N3O3S. The number of nitrogens with zero attached hydrogens (tertiary/aromatic N) is 2. The van der Waals surface area contributed by atoms with Gasteiger partial charge < -0.3 is 5.32 Å². The van der Waals surface area contributed by atoms with Crippen molar-refractivity contribution < 1.29 is 13.2 Å². The smallest absolute Gasteiger partial charge is 0.232 e. The lowest BCUT2D eigenvalue weighted by Gasteiger charge is -2.24. The number of amides is 1. The number of anilines is 1. The molecule has 2 aromatic rings. The Morgan fingerprint density at radius 1 is 1.07 bits per heavy atom. The molecule has 1 N–H and O–H groups in total. The van der Waals surface area contributed by atoms with Crippen molar-refractivity contribution in [1.82, 2.24) is 10.3 Å². The van der Waals surface area contributed by atoms with E-state index in [0.717, 1.165) is 17.4 Å². The summed E-state index contributed by atoms with van der Waals surface area (Å²) in [6, 6.07) is 11.1. The Kier molecular flexibility index (Phi) is 6.59. The fourth-order valence-electron chi connectivity index (χ4n) is 2.61. The molecule has 1 aromatic carbocycles. The Bertz CT molecular complexity index is 858. The molecular weight excluding hydrogens is 362 g/mol. The van der Waals surface area contributed by atoms with E-state index in [2.05, 4.69) is 31.1 Å². The van der Waals surface area contributed by atoms with Gasteiger partial charge in [-0.2, -0.15) is 0 Å². The minimum atomic E-state index is -3.48. The van der Waals surface area contributed by atoms with Crippen molar-refractivity contribution in [3.8, 4) is 0 Å². The number of carbonyl (C=O) groups is 1. The molecule has 0 saturated heterocycles. The molecule has 0 unspecified atom stereocenters. The number of hydrogen-bond donors (Lipinski definition) is 1. The monoisotopic (exact) mass is 389 g/mol. The predicted molar refractivity (Wildman–Crippen MR) is 108 cm³/mol. The van der Waals surface area contributed by atoms with E-state index in [1.54, 1.807) is 24.5 Å². The van der Waals surface area contributed by atoms with Crippen LogP contribution in [0.4, 0.5) is 5.69 Å². The molecule has 0 fully saturated rings. The second-order valence-corrected chi connectivity index (χ2v) is 9.42. The summed E-state index contributed by atoms with van der Waals surface area (Å²) in [4.78, 5) is 16.0. The van der Waals surface area contributed by atoms with Crippen LogP contribution < -0.4 is 9.62 Å². The highest BCUT2D eigenvalue weighted by atomic mass is 32.2. The van der Waals surface area contributed by atoms with Gasteiger partial charge in [-0.15, -0.1) is 0 Å². The van der Waals surface area contributed by atoms with Crippen molar-refractivity contribution in [3.05, 3.63) is 59.9 Å². The summed E-state index contributed by atoms with van der Waals surface area (Å²) in [6.45, 7) is 6.78. The molecule has 27 heavy (non-hydrogen) atoms. The fraction of sp³-hybridized carbons (Fsp3) is 0.400. The molecule has 0 aliphatic carbocycles. The summed E-state index contributed by atoms with van der Waals surface area (Å²) < 4.78 is 25.7. The molecule has 1 heterocycles. The fourth-order valence-corrected chi connectivity index (χ4v) is 3.53. The molecule has 0 aliphatic heterocycles. The highest BCUT2D eigenvalue weighted by molar-refractivity contribution is 7.92. The summed E-state index contributed by atoms with van der Waals surface area (Å²) in [5.41, 5.74) is 2.61. The third kappa shape index (κ3) is 6.36. The van der Waals surface area contributed by atoms with Crippen LogP contribution in [0.2, 0.25) is 0 Å². The second-order valence-electron chi connectivity index (χ2n) is 7.51. The first kappa shape index (κ1) is 20.9. The molecule has 0 bridgehead atoms. The lowest BCUT2D eigenvalue weighted by atomic mass is 9.87. The topological polar surface area (TPSA) is 79.4 Å².